The number of hydrogen-bond acceptors (Lipinski definition) is 5. The number of amides is 1. The lowest BCUT2D eigenvalue weighted by atomic mass is 9.94. The molecule has 1 saturated heterocycles. The SMILES string of the molecule is CCOc1ccccc1C1SCC(=O)Nc2c1c(C)nn2C1CCOC(C)(C)C1. The first-order chi connectivity index (χ1) is 13.9. The van der Waals surface area contributed by atoms with Crippen LogP contribution >= 0.6 is 11.8 Å². The number of thioether (sulfide) groups is 1. The van der Waals surface area contributed by atoms with Crippen molar-refractivity contribution in [2.24, 2.45) is 0 Å². The van der Waals surface area contributed by atoms with Gasteiger partial charge in [-0.2, -0.15) is 5.10 Å². The third kappa shape index (κ3) is 4.03. The quantitative estimate of drug-likeness (QED) is 0.797. The summed E-state index contributed by atoms with van der Waals surface area (Å²) in [6.07, 6.45) is 1.75. The Bertz CT molecular complexity index is 909. The summed E-state index contributed by atoms with van der Waals surface area (Å²) in [6, 6.07) is 8.31. The Morgan fingerprint density at radius 2 is 2.17 bits per heavy atom. The molecule has 1 amide bonds. The highest BCUT2D eigenvalue weighted by atomic mass is 32.2. The fourth-order valence-corrected chi connectivity index (χ4v) is 5.52. The van der Waals surface area contributed by atoms with Gasteiger partial charge in [0.05, 0.1) is 34.9 Å². The number of carbonyl (C=O) groups excluding carboxylic acids is 1. The number of anilines is 1. The number of nitrogens with zero attached hydrogens (tertiary/aromatic N) is 2. The lowest BCUT2D eigenvalue weighted by Gasteiger charge is -2.36. The van der Waals surface area contributed by atoms with Gasteiger partial charge in [0.25, 0.3) is 0 Å². The Morgan fingerprint density at radius 1 is 1.38 bits per heavy atom. The molecule has 156 valence electrons. The van der Waals surface area contributed by atoms with E-state index >= 15 is 0 Å². The van der Waals surface area contributed by atoms with Crippen molar-refractivity contribution in [3.8, 4) is 5.75 Å². The summed E-state index contributed by atoms with van der Waals surface area (Å²) in [4.78, 5) is 12.6. The van der Waals surface area contributed by atoms with Crippen molar-refractivity contribution >= 4 is 23.5 Å². The molecule has 2 aromatic rings. The minimum absolute atomic E-state index is 0.00620. The zero-order chi connectivity index (χ0) is 20.6. The van der Waals surface area contributed by atoms with Crippen LogP contribution in [0.25, 0.3) is 0 Å². The summed E-state index contributed by atoms with van der Waals surface area (Å²) in [5.74, 6) is 2.11. The Kier molecular flexibility index (Phi) is 5.62. The van der Waals surface area contributed by atoms with E-state index in [4.69, 9.17) is 14.6 Å². The first kappa shape index (κ1) is 20.3. The van der Waals surface area contributed by atoms with Gasteiger partial charge < -0.3 is 14.8 Å². The monoisotopic (exact) mass is 415 g/mol. The largest absolute Gasteiger partial charge is 0.494 e. The van der Waals surface area contributed by atoms with Crippen molar-refractivity contribution in [2.75, 3.05) is 24.3 Å². The fraction of sp³-hybridized carbons (Fsp3) is 0.545. The molecule has 4 rings (SSSR count). The van der Waals surface area contributed by atoms with Crippen molar-refractivity contribution in [3.05, 3.63) is 41.1 Å². The zero-order valence-corrected chi connectivity index (χ0v) is 18.3. The Labute approximate surface area is 176 Å². The van der Waals surface area contributed by atoms with Crippen LogP contribution < -0.4 is 10.1 Å². The number of benzene rings is 1. The highest BCUT2D eigenvalue weighted by Gasteiger charge is 2.36. The molecule has 0 saturated carbocycles. The molecule has 29 heavy (non-hydrogen) atoms. The molecule has 2 atom stereocenters. The maximum absolute atomic E-state index is 12.6. The minimum atomic E-state index is -0.194. The molecule has 6 nitrogen and oxygen atoms in total. The number of fused-ring (bicyclic) bond motifs is 1. The Hall–Kier alpha value is -1.99. The van der Waals surface area contributed by atoms with E-state index in [0.717, 1.165) is 41.2 Å². The number of aryl methyl sites for hydroxylation is 1. The van der Waals surface area contributed by atoms with E-state index in [2.05, 4.69) is 25.2 Å². The molecule has 0 bridgehead atoms. The van der Waals surface area contributed by atoms with Crippen LogP contribution in [0.1, 0.15) is 61.7 Å². The summed E-state index contributed by atoms with van der Waals surface area (Å²) >= 11 is 1.63. The third-order valence-corrected chi connectivity index (χ3v) is 6.80. The molecule has 0 radical (unpaired) electrons. The van der Waals surface area contributed by atoms with Gasteiger partial charge in [0.2, 0.25) is 5.91 Å². The minimum Gasteiger partial charge on any atom is -0.494 e. The van der Waals surface area contributed by atoms with Crippen LogP contribution in [0.2, 0.25) is 0 Å². The topological polar surface area (TPSA) is 65.4 Å². The number of para-hydroxylation sites is 1. The van der Waals surface area contributed by atoms with Gasteiger partial charge in [0.15, 0.2) is 0 Å². The van der Waals surface area contributed by atoms with Gasteiger partial charge in [-0.05, 0) is 46.6 Å². The summed E-state index contributed by atoms with van der Waals surface area (Å²) in [6.45, 7) is 9.56. The molecule has 3 heterocycles. The van der Waals surface area contributed by atoms with Crippen LogP contribution in [0, 0.1) is 6.92 Å². The summed E-state index contributed by atoms with van der Waals surface area (Å²) < 4.78 is 13.8. The molecule has 0 spiro atoms. The number of carbonyl (C=O) groups is 1. The van der Waals surface area contributed by atoms with Gasteiger partial charge in [-0.1, -0.05) is 18.2 Å². The first-order valence-corrected chi connectivity index (χ1v) is 11.3. The third-order valence-electron chi connectivity index (χ3n) is 5.55. The van der Waals surface area contributed by atoms with Gasteiger partial charge in [-0.15, -0.1) is 11.8 Å². The predicted octanol–water partition coefficient (Wildman–Crippen LogP) is 4.50. The zero-order valence-electron chi connectivity index (χ0n) is 17.5. The van der Waals surface area contributed by atoms with Gasteiger partial charge >= 0.3 is 0 Å². The lowest BCUT2D eigenvalue weighted by molar-refractivity contribution is -0.113. The van der Waals surface area contributed by atoms with Crippen molar-refractivity contribution in [3.63, 3.8) is 0 Å². The number of hydrogen-bond donors (Lipinski definition) is 1. The molecule has 2 aliphatic rings. The molecule has 1 aromatic carbocycles. The predicted molar refractivity (Wildman–Crippen MR) is 116 cm³/mol. The van der Waals surface area contributed by atoms with Crippen LogP contribution in [0.3, 0.4) is 0 Å². The van der Waals surface area contributed by atoms with E-state index in [1.165, 1.54) is 0 Å². The average molecular weight is 416 g/mol. The molecule has 1 fully saturated rings. The standard InChI is InChI=1S/C22H29N3O3S/c1-5-27-17-9-7-6-8-16(17)20-19-14(2)24-25(21(19)23-18(26)13-29-20)15-10-11-28-22(3,4)12-15/h6-9,15,20H,5,10-13H2,1-4H3,(H,23,26). The number of ether oxygens (including phenoxy) is 2. The molecule has 1 aromatic heterocycles. The van der Waals surface area contributed by atoms with Crippen LogP contribution in [-0.4, -0.2) is 40.3 Å². The summed E-state index contributed by atoms with van der Waals surface area (Å²) in [5, 5.41) is 8.04. The van der Waals surface area contributed by atoms with Crippen LogP contribution in [0.4, 0.5) is 5.82 Å². The average Bonchev–Trinajstić information content (AvgIpc) is 2.88. The van der Waals surface area contributed by atoms with E-state index in [1.54, 1.807) is 11.8 Å². The van der Waals surface area contributed by atoms with Crippen molar-refractivity contribution < 1.29 is 14.3 Å². The van der Waals surface area contributed by atoms with E-state index in [0.29, 0.717) is 19.0 Å². The van der Waals surface area contributed by atoms with E-state index < -0.39 is 0 Å². The smallest absolute Gasteiger partial charge is 0.235 e. The molecule has 0 aliphatic carbocycles. The number of aromatic nitrogens is 2. The second-order valence-corrected chi connectivity index (χ2v) is 9.35. The summed E-state index contributed by atoms with van der Waals surface area (Å²) in [5.41, 5.74) is 2.93. The van der Waals surface area contributed by atoms with E-state index in [1.807, 2.05) is 36.7 Å². The maximum Gasteiger partial charge on any atom is 0.235 e. The van der Waals surface area contributed by atoms with Crippen molar-refractivity contribution in [2.45, 2.75) is 57.4 Å². The molecule has 2 unspecified atom stereocenters. The maximum atomic E-state index is 12.6. The molecular weight excluding hydrogens is 386 g/mol. The van der Waals surface area contributed by atoms with Gasteiger partial charge in [0.1, 0.15) is 11.6 Å². The normalized spacial score (nSPS) is 23.8. The highest BCUT2D eigenvalue weighted by Crippen LogP contribution is 2.47. The molecule has 2 aliphatic heterocycles. The lowest BCUT2D eigenvalue weighted by Crippen LogP contribution is -2.36. The van der Waals surface area contributed by atoms with Gasteiger partial charge in [0, 0.05) is 17.7 Å². The molecular formula is C22H29N3O3S. The number of nitrogens with one attached hydrogen (secondary N) is 1. The second kappa shape index (κ2) is 8.03. The fourth-order valence-electron chi connectivity index (χ4n) is 4.31. The highest BCUT2D eigenvalue weighted by molar-refractivity contribution is 8.00. The van der Waals surface area contributed by atoms with E-state index in [9.17, 15) is 4.79 Å². The Balaban J connectivity index is 1.80. The molecule has 1 N–H and O–H groups in total. The van der Waals surface area contributed by atoms with Crippen molar-refractivity contribution in [1.29, 1.82) is 0 Å². The van der Waals surface area contributed by atoms with Crippen molar-refractivity contribution in [1.82, 2.24) is 9.78 Å². The number of rotatable bonds is 4. The van der Waals surface area contributed by atoms with Gasteiger partial charge in [-0.3, -0.25) is 4.79 Å². The van der Waals surface area contributed by atoms with E-state index in [-0.39, 0.29) is 22.8 Å². The van der Waals surface area contributed by atoms with Gasteiger partial charge in [-0.25, -0.2) is 4.68 Å². The molecule has 7 heteroatoms. The second-order valence-electron chi connectivity index (χ2n) is 8.26. The summed E-state index contributed by atoms with van der Waals surface area (Å²) in [7, 11) is 0. The first-order valence-electron chi connectivity index (χ1n) is 10.3. The Morgan fingerprint density at radius 3 is 2.93 bits per heavy atom. The van der Waals surface area contributed by atoms with Crippen LogP contribution in [0.5, 0.6) is 5.75 Å². The van der Waals surface area contributed by atoms with Crippen LogP contribution in [-0.2, 0) is 9.53 Å². The van der Waals surface area contributed by atoms with Crippen LogP contribution in [0.15, 0.2) is 24.3 Å².